The molecule has 1 aliphatic heterocycles. The molecule has 0 spiro atoms. The van der Waals surface area contributed by atoms with Gasteiger partial charge in [0.05, 0.1) is 23.2 Å². The van der Waals surface area contributed by atoms with Crippen molar-refractivity contribution in [3.05, 3.63) is 95.3 Å². The number of carbonyl (C=O) groups excluding carboxylic acids is 3. The second-order valence-electron chi connectivity index (χ2n) is 7.23. The van der Waals surface area contributed by atoms with E-state index in [1.807, 2.05) is 6.07 Å². The molecule has 8 heteroatoms. The van der Waals surface area contributed by atoms with Gasteiger partial charge in [-0.3, -0.25) is 24.3 Å². The number of ether oxygens (including phenoxy) is 1. The average molecular weight is 439 g/mol. The number of ketones is 1. The number of hydrogen-bond donors (Lipinski definition) is 1. The van der Waals surface area contributed by atoms with E-state index in [9.17, 15) is 19.5 Å². The topological polar surface area (TPSA) is 121 Å². The van der Waals surface area contributed by atoms with Gasteiger partial charge in [-0.2, -0.15) is 5.26 Å². The summed E-state index contributed by atoms with van der Waals surface area (Å²) in [7, 11) is 0. The Bertz CT molecular complexity index is 1310. The number of nitrogens with zero attached hydrogens (tertiary/aromatic N) is 3. The van der Waals surface area contributed by atoms with Crippen molar-refractivity contribution in [1.82, 2.24) is 4.98 Å². The van der Waals surface area contributed by atoms with Crippen LogP contribution in [0.25, 0.3) is 5.76 Å². The van der Waals surface area contributed by atoms with Crippen LogP contribution in [0.15, 0.2) is 78.6 Å². The SMILES string of the molecule is CC(=O)Oc1ccc(C2/C(=C(/O)c3ccncc3)C(=O)C(=O)N2c2ccc(C#N)cc2)cc1. The molecule has 1 atom stereocenters. The molecule has 2 aromatic carbocycles. The molecule has 1 N–H and O–H groups in total. The minimum atomic E-state index is -0.947. The van der Waals surface area contributed by atoms with Crippen molar-refractivity contribution in [2.24, 2.45) is 0 Å². The van der Waals surface area contributed by atoms with Crippen molar-refractivity contribution in [1.29, 1.82) is 5.26 Å². The third-order valence-electron chi connectivity index (χ3n) is 5.13. The lowest BCUT2D eigenvalue weighted by Gasteiger charge is -2.25. The fourth-order valence-corrected chi connectivity index (χ4v) is 3.66. The Balaban J connectivity index is 1.88. The van der Waals surface area contributed by atoms with Gasteiger partial charge in [0.25, 0.3) is 11.7 Å². The Morgan fingerprint density at radius 2 is 1.67 bits per heavy atom. The van der Waals surface area contributed by atoms with Gasteiger partial charge in [-0.05, 0) is 54.1 Å². The van der Waals surface area contributed by atoms with Crippen LogP contribution in [0.3, 0.4) is 0 Å². The van der Waals surface area contributed by atoms with Crippen LogP contribution in [0.5, 0.6) is 5.75 Å². The number of pyridine rings is 1. The van der Waals surface area contributed by atoms with Crippen LogP contribution in [-0.2, 0) is 14.4 Å². The van der Waals surface area contributed by atoms with Gasteiger partial charge in [0.15, 0.2) is 0 Å². The number of hydrogen-bond acceptors (Lipinski definition) is 7. The molecule has 1 aliphatic rings. The lowest BCUT2D eigenvalue weighted by molar-refractivity contribution is -0.132. The normalized spacial score (nSPS) is 17.0. The van der Waals surface area contributed by atoms with Crippen LogP contribution < -0.4 is 9.64 Å². The van der Waals surface area contributed by atoms with E-state index < -0.39 is 23.7 Å². The summed E-state index contributed by atoms with van der Waals surface area (Å²) in [6.45, 7) is 1.28. The number of nitriles is 1. The first-order valence-corrected chi connectivity index (χ1v) is 9.90. The van der Waals surface area contributed by atoms with Gasteiger partial charge < -0.3 is 9.84 Å². The van der Waals surface area contributed by atoms with E-state index in [1.54, 1.807) is 48.5 Å². The molecular formula is C25H17N3O5. The number of Topliss-reactive ketones (excluding diaryl/α,β-unsaturated/α-hetero) is 1. The van der Waals surface area contributed by atoms with Crippen LogP contribution in [0.1, 0.15) is 29.7 Å². The Morgan fingerprint density at radius 3 is 2.24 bits per heavy atom. The van der Waals surface area contributed by atoms with E-state index in [0.717, 1.165) is 0 Å². The smallest absolute Gasteiger partial charge is 0.308 e. The van der Waals surface area contributed by atoms with Gasteiger partial charge in [0.1, 0.15) is 11.5 Å². The zero-order valence-corrected chi connectivity index (χ0v) is 17.4. The summed E-state index contributed by atoms with van der Waals surface area (Å²) in [5.41, 5.74) is 1.55. The number of benzene rings is 2. The lowest BCUT2D eigenvalue weighted by Crippen LogP contribution is -2.29. The highest BCUT2D eigenvalue weighted by atomic mass is 16.5. The molecule has 33 heavy (non-hydrogen) atoms. The highest BCUT2D eigenvalue weighted by Crippen LogP contribution is 2.42. The maximum absolute atomic E-state index is 13.1. The van der Waals surface area contributed by atoms with Gasteiger partial charge >= 0.3 is 5.97 Å². The van der Waals surface area contributed by atoms with E-state index in [-0.39, 0.29) is 11.3 Å². The summed E-state index contributed by atoms with van der Waals surface area (Å²) in [5.74, 6) is -2.17. The maximum atomic E-state index is 13.1. The number of amides is 1. The minimum absolute atomic E-state index is 0.0872. The fraction of sp³-hybridized carbons (Fsp3) is 0.0800. The molecule has 8 nitrogen and oxygen atoms in total. The van der Waals surface area contributed by atoms with E-state index >= 15 is 0 Å². The quantitative estimate of drug-likeness (QED) is 0.217. The molecule has 0 bridgehead atoms. The van der Waals surface area contributed by atoms with Crippen molar-refractivity contribution in [2.75, 3.05) is 4.90 Å². The Morgan fingerprint density at radius 1 is 1.03 bits per heavy atom. The Hall–Kier alpha value is -4.77. The third kappa shape index (κ3) is 4.07. The van der Waals surface area contributed by atoms with E-state index in [1.165, 1.54) is 36.4 Å². The number of esters is 1. The van der Waals surface area contributed by atoms with Gasteiger partial charge in [-0.15, -0.1) is 0 Å². The van der Waals surface area contributed by atoms with Crippen molar-refractivity contribution < 1.29 is 24.2 Å². The van der Waals surface area contributed by atoms with Crippen molar-refractivity contribution in [3.8, 4) is 11.8 Å². The lowest BCUT2D eigenvalue weighted by atomic mass is 9.95. The molecule has 0 saturated carbocycles. The Kier molecular flexibility index (Phi) is 5.70. The second kappa shape index (κ2) is 8.77. The third-order valence-corrected chi connectivity index (χ3v) is 5.13. The Labute approximate surface area is 189 Å². The number of rotatable bonds is 4. The fourth-order valence-electron chi connectivity index (χ4n) is 3.66. The van der Waals surface area contributed by atoms with Gasteiger partial charge in [0, 0.05) is 30.6 Å². The van der Waals surface area contributed by atoms with Crippen molar-refractivity contribution in [2.45, 2.75) is 13.0 Å². The zero-order valence-electron chi connectivity index (χ0n) is 17.4. The first kappa shape index (κ1) is 21.5. The maximum Gasteiger partial charge on any atom is 0.308 e. The summed E-state index contributed by atoms with van der Waals surface area (Å²) < 4.78 is 5.07. The van der Waals surface area contributed by atoms with E-state index in [4.69, 9.17) is 10.00 Å². The van der Waals surface area contributed by atoms with Crippen LogP contribution in [0.2, 0.25) is 0 Å². The summed E-state index contributed by atoms with van der Waals surface area (Å²) in [6.07, 6.45) is 2.93. The summed E-state index contributed by atoms with van der Waals surface area (Å²) >= 11 is 0. The second-order valence-corrected chi connectivity index (χ2v) is 7.23. The highest BCUT2D eigenvalue weighted by Gasteiger charge is 2.47. The summed E-state index contributed by atoms with van der Waals surface area (Å²) in [4.78, 5) is 42.6. The van der Waals surface area contributed by atoms with Crippen molar-refractivity contribution in [3.63, 3.8) is 0 Å². The van der Waals surface area contributed by atoms with Gasteiger partial charge in [0.2, 0.25) is 0 Å². The molecule has 0 radical (unpaired) electrons. The number of aliphatic hydroxyl groups excluding tert-OH is 1. The van der Waals surface area contributed by atoms with Crippen LogP contribution in [-0.4, -0.2) is 27.8 Å². The standard InChI is InChI=1S/C25H17N3O5/c1-15(29)33-20-8-4-17(5-9-20)22-21(23(30)18-10-12-27-13-11-18)24(31)25(32)28(22)19-6-2-16(14-26)3-7-19/h2-13,22,30H,1H3/b23-21-. The minimum Gasteiger partial charge on any atom is -0.507 e. The molecule has 1 unspecified atom stereocenters. The van der Waals surface area contributed by atoms with Gasteiger partial charge in [-0.25, -0.2) is 0 Å². The monoisotopic (exact) mass is 439 g/mol. The van der Waals surface area contributed by atoms with Crippen LogP contribution >= 0.6 is 0 Å². The van der Waals surface area contributed by atoms with E-state index in [0.29, 0.717) is 28.1 Å². The predicted octanol–water partition coefficient (Wildman–Crippen LogP) is 3.50. The molecule has 1 aromatic heterocycles. The molecule has 4 rings (SSSR count). The van der Waals surface area contributed by atoms with E-state index in [2.05, 4.69) is 4.98 Å². The van der Waals surface area contributed by atoms with Gasteiger partial charge in [-0.1, -0.05) is 12.1 Å². The number of aromatic nitrogens is 1. The molecule has 1 amide bonds. The molecule has 2 heterocycles. The molecule has 1 saturated heterocycles. The summed E-state index contributed by atoms with van der Waals surface area (Å²) in [5, 5.41) is 20.1. The zero-order chi connectivity index (χ0) is 23.5. The number of carbonyl (C=O) groups is 3. The number of anilines is 1. The van der Waals surface area contributed by atoms with Crippen molar-refractivity contribution >= 4 is 29.1 Å². The first-order chi connectivity index (χ1) is 15.9. The summed E-state index contributed by atoms with van der Waals surface area (Å²) in [6, 6.07) is 16.7. The van der Waals surface area contributed by atoms with Crippen LogP contribution in [0.4, 0.5) is 5.69 Å². The van der Waals surface area contributed by atoms with Crippen LogP contribution in [0, 0.1) is 11.3 Å². The molecule has 0 aliphatic carbocycles. The molecule has 3 aromatic rings. The highest BCUT2D eigenvalue weighted by molar-refractivity contribution is 6.51. The molecule has 1 fully saturated rings. The number of aliphatic hydroxyl groups is 1. The molecule has 162 valence electrons. The molecular weight excluding hydrogens is 422 g/mol. The first-order valence-electron chi connectivity index (χ1n) is 9.90. The average Bonchev–Trinajstić information content (AvgIpc) is 3.10. The predicted molar refractivity (Wildman–Crippen MR) is 118 cm³/mol. The largest absolute Gasteiger partial charge is 0.507 e.